The number of carboxylic acid groups (broad SMARTS) is 1. The number of nitrogens with zero attached hydrogens (tertiary/aromatic N) is 1. The van der Waals surface area contributed by atoms with E-state index in [1.165, 1.54) is 24.2 Å². The van der Waals surface area contributed by atoms with Crippen LogP contribution >= 0.6 is 0 Å². The van der Waals surface area contributed by atoms with Gasteiger partial charge in [-0.25, -0.2) is 4.79 Å². The molecule has 2 aliphatic heterocycles. The molecule has 172 valence electrons. The monoisotopic (exact) mass is 425 g/mol. The number of nitrogens with one attached hydrogen (secondary N) is 2. The van der Waals surface area contributed by atoms with Gasteiger partial charge in [-0.2, -0.15) is 0 Å². The Hall–Kier alpha value is -1.67. The SMILES string of the molecule is CCOC(=O)C(CCCCCC1CCNCC1)N[C@@H](C)C(=O)N1CCCC1C(=O)O. The van der Waals surface area contributed by atoms with Gasteiger partial charge in [-0.05, 0) is 65.0 Å². The van der Waals surface area contributed by atoms with Crippen LogP contribution in [0.15, 0.2) is 0 Å². The van der Waals surface area contributed by atoms with Gasteiger partial charge in [0, 0.05) is 6.54 Å². The highest BCUT2D eigenvalue weighted by Gasteiger charge is 2.36. The third-order valence-corrected chi connectivity index (χ3v) is 6.28. The molecule has 8 heteroatoms. The van der Waals surface area contributed by atoms with Gasteiger partial charge in [0.15, 0.2) is 0 Å². The van der Waals surface area contributed by atoms with Crippen molar-refractivity contribution >= 4 is 17.8 Å². The standard InChI is InChI=1S/C22H39N3O5/c1-3-30-22(29)18(9-6-4-5-8-17-11-13-23-14-12-17)24-16(2)20(26)25-15-7-10-19(25)21(27)28/h16-19,23-24H,3-15H2,1-2H3,(H,27,28)/t16-,18?,19?/m0/s1. The van der Waals surface area contributed by atoms with E-state index in [4.69, 9.17) is 4.74 Å². The Morgan fingerprint density at radius 1 is 1.17 bits per heavy atom. The molecule has 2 heterocycles. The fraction of sp³-hybridized carbons (Fsp3) is 0.864. The van der Waals surface area contributed by atoms with Crippen molar-refractivity contribution < 1.29 is 24.2 Å². The highest BCUT2D eigenvalue weighted by Crippen LogP contribution is 2.21. The van der Waals surface area contributed by atoms with Crippen LogP contribution in [-0.4, -0.2) is 72.2 Å². The van der Waals surface area contributed by atoms with E-state index in [-0.39, 0.29) is 11.9 Å². The normalized spacial score (nSPS) is 21.9. The van der Waals surface area contributed by atoms with Crippen LogP contribution in [0.4, 0.5) is 0 Å². The van der Waals surface area contributed by atoms with Crippen molar-refractivity contribution in [1.82, 2.24) is 15.5 Å². The minimum Gasteiger partial charge on any atom is -0.480 e. The quantitative estimate of drug-likeness (QED) is 0.324. The summed E-state index contributed by atoms with van der Waals surface area (Å²) in [6, 6.07) is -1.94. The van der Waals surface area contributed by atoms with Gasteiger partial charge in [-0.1, -0.05) is 25.7 Å². The van der Waals surface area contributed by atoms with Crippen molar-refractivity contribution in [2.24, 2.45) is 5.92 Å². The number of likely N-dealkylation sites (tertiary alicyclic amines) is 1. The second-order valence-corrected chi connectivity index (χ2v) is 8.55. The summed E-state index contributed by atoms with van der Waals surface area (Å²) >= 11 is 0. The molecule has 2 saturated heterocycles. The van der Waals surface area contributed by atoms with Gasteiger partial charge in [-0.3, -0.25) is 14.9 Å². The molecule has 3 N–H and O–H groups in total. The molecule has 0 radical (unpaired) electrons. The lowest BCUT2D eigenvalue weighted by Gasteiger charge is -2.28. The van der Waals surface area contributed by atoms with E-state index in [1.54, 1.807) is 13.8 Å². The molecule has 2 rings (SSSR count). The minimum absolute atomic E-state index is 0.264. The molecule has 2 fully saturated rings. The zero-order valence-corrected chi connectivity index (χ0v) is 18.5. The van der Waals surface area contributed by atoms with E-state index in [9.17, 15) is 19.5 Å². The molecule has 0 aromatic rings. The fourth-order valence-corrected chi connectivity index (χ4v) is 4.55. The summed E-state index contributed by atoms with van der Waals surface area (Å²) in [6.07, 6.45) is 8.62. The van der Waals surface area contributed by atoms with Gasteiger partial charge in [0.2, 0.25) is 5.91 Å². The Morgan fingerprint density at radius 2 is 1.90 bits per heavy atom. The smallest absolute Gasteiger partial charge is 0.326 e. The second-order valence-electron chi connectivity index (χ2n) is 8.55. The van der Waals surface area contributed by atoms with Crippen molar-refractivity contribution in [2.45, 2.75) is 89.8 Å². The van der Waals surface area contributed by atoms with Crippen molar-refractivity contribution in [3.05, 3.63) is 0 Å². The Morgan fingerprint density at radius 3 is 2.57 bits per heavy atom. The maximum absolute atomic E-state index is 12.8. The highest BCUT2D eigenvalue weighted by atomic mass is 16.5. The van der Waals surface area contributed by atoms with E-state index >= 15 is 0 Å². The largest absolute Gasteiger partial charge is 0.480 e. The molecule has 3 atom stereocenters. The Kier molecular flexibility index (Phi) is 10.6. The first kappa shape index (κ1) is 24.6. The molecule has 2 unspecified atom stereocenters. The molecular formula is C22H39N3O5. The average molecular weight is 426 g/mol. The van der Waals surface area contributed by atoms with Gasteiger partial charge < -0.3 is 20.1 Å². The zero-order chi connectivity index (χ0) is 21.9. The Bertz CT molecular complexity index is 565. The van der Waals surface area contributed by atoms with E-state index in [0.717, 1.165) is 38.3 Å². The van der Waals surface area contributed by atoms with Gasteiger partial charge in [-0.15, -0.1) is 0 Å². The van der Waals surface area contributed by atoms with Crippen molar-refractivity contribution in [3.8, 4) is 0 Å². The molecule has 0 saturated carbocycles. The summed E-state index contributed by atoms with van der Waals surface area (Å²) in [7, 11) is 0. The molecule has 30 heavy (non-hydrogen) atoms. The molecule has 8 nitrogen and oxygen atoms in total. The first-order valence-electron chi connectivity index (χ1n) is 11.6. The first-order valence-corrected chi connectivity index (χ1v) is 11.6. The summed E-state index contributed by atoms with van der Waals surface area (Å²) in [5, 5.41) is 15.8. The topological polar surface area (TPSA) is 108 Å². The maximum atomic E-state index is 12.8. The second kappa shape index (κ2) is 12.9. The predicted molar refractivity (Wildman–Crippen MR) is 114 cm³/mol. The van der Waals surface area contributed by atoms with Crippen molar-refractivity contribution in [1.29, 1.82) is 0 Å². The van der Waals surface area contributed by atoms with Gasteiger partial charge in [0.25, 0.3) is 0 Å². The molecule has 0 aromatic heterocycles. The minimum atomic E-state index is -0.969. The summed E-state index contributed by atoms with van der Waals surface area (Å²) in [5.41, 5.74) is 0. The van der Waals surface area contributed by atoms with Crippen LogP contribution in [0, 0.1) is 5.92 Å². The number of carboxylic acids is 1. The Labute approximate surface area is 180 Å². The predicted octanol–water partition coefficient (Wildman–Crippen LogP) is 1.92. The number of ether oxygens (including phenoxy) is 1. The molecule has 0 bridgehead atoms. The molecule has 1 amide bonds. The van der Waals surface area contributed by atoms with E-state index in [0.29, 0.717) is 32.4 Å². The lowest BCUT2D eigenvalue weighted by atomic mass is 9.92. The van der Waals surface area contributed by atoms with Gasteiger partial charge >= 0.3 is 11.9 Å². The van der Waals surface area contributed by atoms with E-state index in [1.807, 2.05) is 0 Å². The summed E-state index contributed by atoms with van der Waals surface area (Å²) in [6.45, 7) is 6.44. The number of carbonyl (C=O) groups excluding carboxylic acids is 2. The van der Waals surface area contributed by atoms with Gasteiger partial charge in [0.05, 0.1) is 12.6 Å². The molecule has 2 aliphatic rings. The average Bonchev–Trinajstić information content (AvgIpc) is 3.23. The molecule has 0 aromatic carbocycles. The molecule has 0 aliphatic carbocycles. The van der Waals surface area contributed by atoms with Crippen LogP contribution < -0.4 is 10.6 Å². The van der Waals surface area contributed by atoms with Crippen molar-refractivity contribution in [2.75, 3.05) is 26.2 Å². The molecular weight excluding hydrogens is 386 g/mol. The van der Waals surface area contributed by atoms with E-state index < -0.39 is 24.1 Å². The van der Waals surface area contributed by atoms with Crippen LogP contribution in [-0.2, 0) is 19.1 Å². The van der Waals surface area contributed by atoms with Gasteiger partial charge in [0.1, 0.15) is 12.1 Å². The number of hydrogen-bond donors (Lipinski definition) is 3. The number of unbranched alkanes of at least 4 members (excludes halogenated alkanes) is 2. The number of carbonyl (C=O) groups is 3. The Balaban J connectivity index is 1.80. The highest BCUT2D eigenvalue weighted by molar-refractivity contribution is 5.88. The number of rotatable bonds is 12. The van der Waals surface area contributed by atoms with Crippen molar-refractivity contribution in [3.63, 3.8) is 0 Å². The maximum Gasteiger partial charge on any atom is 0.326 e. The summed E-state index contributed by atoms with van der Waals surface area (Å²) in [5.74, 6) is -0.763. The zero-order valence-electron chi connectivity index (χ0n) is 18.5. The summed E-state index contributed by atoms with van der Waals surface area (Å²) in [4.78, 5) is 38.0. The first-order chi connectivity index (χ1) is 14.4. The fourth-order valence-electron chi connectivity index (χ4n) is 4.55. The lowest BCUT2D eigenvalue weighted by molar-refractivity contribution is -0.150. The molecule has 0 spiro atoms. The van der Waals surface area contributed by atoms with E-state index in [2.05, 4.69) is 10.6 Å². The van der Waals surface area contributed by atoms with Crippen LogP contribution in [0.25, 0.3) is 0 Å². The number of aliphatic carboxylic acids is 1. The van der Waals surface area contributed by atoms with Crippen LogP contribution in [0.1, 0.15) is 71.6 Å². The third kappa shape index (κ3) is 7.54. The van der Waals surface area contributed by atoms with Crippen LogP contribution in [0.2, 0.25) is 0 Å². The number of piperidine rings is 1. The number of esters is 1. The van der Waals surface area contributed by atoms with Crippen LogP contribution in [0.3, 0.4) is 0 Å². The lowest BCUT2D eigenvalue weighted by Crippen LogP contribution is -2.53. The third-order valence-electron chi connectivity index (χ3n) is 6.28. The summed E-state index contributed by atoms with van der Waals surface area (Å²) < 4.78 is 5.19. The number of amides is 1. The van der Waals surface area contributed by atoms with Crippen LogP contribution in [0.5, 0.6) is 0 Å². The number of hydrogen-bond acceptors (Lipinski definition) is 6.